The predicted molar refractivity (Wildman–Crippen MR) is 86.9 cm³/mol. The Morgan fingerprint density at radius 2 is 1.73 bits per heavy atom. The van der Waals surface area contributed by atoms with Crippen molar-refractivity contribution in [1.29, 1.82) is 0 Å². The van der Waals surface area contributed by atoms with Crippen LogP contribution < -0.4 is 10.6 Å². The molecule has 1 fully saturated rings. The molecule has 0 aromatic carbocycles. The zero-order chi connectivity index (χ0) is 16.8. The molecule has 128 valence electrons. The summed E-state index contributed by atoms with van der Waals surface area (Å²) in [7, 11) is 0. The first kappa shape index (κ1) is 18.6. The Morgan fingerprint density at radius 1 is 1.18 bits per heavy atom. The molecule has 0 saturated carbocycles. The lowest BCUT2D eigenvalue weighted by atomic mass is 10.1. The molecule has 0 unspecified atom stereocenters. The molecule has 1 aliphatic rings. The summed E-state index contributed by atoms with van der Waals surface area (Å²) in [4.78, 5) is 25.6. The van der Waals surface area contributed by atoms with Crippen LogP contribution in [0.2, 0.25) is 0 Å². The van der Waals surface area contributed by atoms with E-state index < -0.39 is 5.60 Å². The van der Waals surface area contributed by atoms with Gasteiger partial charge in [0.1, 0.15) is 5.60 Å². The number of ether oxygens (including phenoxy) is 1. The summed E-state index contributed by atoms with van der Waals surface area (Å²) in [6, 6.07) is 0.235. The second-order valence-corrected chi connectivity index (χ2v) is 6.87. The Labute approximate surface area is 134 Å². The van der Waals surface area contributed by atoms with Crippen molar-refractivity contribution < 1.29 is 14.3 Å². The molecule has 0 aromatic heterocycles. The molecule has 22 heavy (non-hydrogen) atoms. The van der Waals surface area contributed by atoms with E-state index >= 15 is 0 Å². The van der Waals surface area contributed by atoms with Crippen LogP contribution in [0, 0.1) is 0 Å². The highest BCUT2D eigenvalue weighted by Gasteiger charge is 2.27. The first-order valence-corrected chi connectivity index (χ1v) is 8.30. The highest BCUT2D eigenvalue weighted by atomic mass is 16.6. The van der Waals surface area contributed by atoms with Crippen LogP contribution in [0.25, 0.3) is 0 Å². The van der Waals surface area contributed by atoms with Crippen molar-refractivity contribution in [2.24, 2.45) is 0 Å². The zero-order valence-corrected chi connectivity index (χ0v) is 14.6. The van der Waals surface area contributed by atoms with E-state index in [-0.39, 0.29) is 24.2 Å². The van der Waals surface area contributed by atoms with Crippen LogP contribution in [-0.4, -0.2) is 47.8 Å². The Bertz CT molecular complexity index is 367. The minimum atomic E-state index is -0.471. The molecule has 3 amide bonds. The van der Waals surface area contributed by atoms with Gasteiger partial charge >= 0.3 is 12.1 Å². The SMILES string of the molecule is CCC(CC)NC(=O)NC1CCN(C(=O)OC(C)(C)C)CC1. The average molecular weight is 313 g/mol. The quantitative estimate of drug-likeness (QED) is 0.838. The molecule has 1 heterocycles. The molecule has 0 bridgehead atoms. The number of carbonyl (C=O) groups excluding carboxylic acids is 2. The van der Waals surface area contributed by atoms with Gasteiger partial charge in [-0.15, -0.1) is 0 Å². The third kappa shape index (κ3) is 6.54. The number of piperidine rings is 1. The number of likely N-dealkylation sites (tertiary alicyclic amines) is 1. The van der Waals surface area contributed by atoms with E-state index in [4.69, 9.17) is 4.74 Å². The number of nitrogens with one attached hydrogen (secondary N) is 2. The lowest BCUT2D eigenvalue weighted by Gasteiger charge is -2.33. The summed E-state index contributed by atoms with van der Waals surface area (Å²) in [5.74, 6) is 0. The standard InChI is InChI=1S/C16H31N3O3/c1-6-12(7-2)17-14(20)18-13-8-10-19(11-9-13)15(21)22-16(3,4)5/h12-13H,6-11H2,1-5H3,(H2,17,18,20). The number of hydrogen-bond acceptors (Lipinski definition) is 3. The first-order valence-electron chi connectivity index (χ1n) is 8.30. The summed E-state index contributed by atoms with van der Waals surface area (Å²) < 4.78 is 5.36. The van der Waals surface area contributed by atoms with E-state index in [0.717, 1.165) is 25.7 Å². The minimum Gasteiger partial charge on any atom is -0.444 e. The molecule has 0 spiro atoms. The fourth-order valence-electron chi connectivity index (χ4n) is 2.44. The number of rotatable bonds is 4. The van der Waals surface area contributed by atoms with E-state index in [1.165, 1.54) is 0 Å². The summed E-state index contributed by atoms with van der Waals surface area (Å²) in [5.41, 5.74) is -0.471. The molecule has 1 aliphatic heterocycles. The molecule has 1 saturated heterocycles. The molecule has 6 heteroatoms. The van der Waals surface area contributed by atoms with Crippen molar-refractivity contribution >= 4 is 12.1 Å². The van der Waals surface area contributed by atoms with Crippen molar-refractivity contribution in [2.75, 3.05) is 13.1 Å². The molecule has 1 rings (SSSR count). The predicted octanol–water partition coefficient (Wildman–Crippen LogP) is 2.87. The maximum Gasteiger partial charge on any atom is 0.410 e. The summed E-state index contributed by atoms with van der Waals surface area (Å²) in [5, 5.41) is 5.97. The molecule has 0 aliphatic carbocycles. The third-order valence-corrected chi connectivity index (χ3v) is 3.80. The smallest absolute Gasteiger partial charge is 0.410 e. The van der Waals surface area contributed by atoms with E-state index in [0.29, 0.717) is 13.1 Å². The monoisotopic (exact) mass is 313 g/mol. The maximum absolute atomic E-state index is 12.0. The van der Waals surface area contributed by atoms with Crippen molar-refractivity contribution in [3.63, 3.8) is 0 Å². The molecule has 0 radical (unpaired) electrons. The van der Waals surface area contributed by atoms with E-state index in [9.17, 15) is 9.59 Å². The molecule has 6 nitrogen and oxygen atoms in total. The number of carbonyl (C=O) groups is 2. The molecule has 0 aromatic rings. The second kappa shape index (κ2) is 8.25. The van der Waals surface area contributed by atoms with Gasteiger partial charge in [0.15, 0.2) is 0 Å². The lowest BCUT2D eigenvalue weighted by Crippen LogP contribution is -2.51. The lowest BCUT2D eigenvalue weighted by molar-refractivity contribution is 0.0201. The largest absolute Gasteiger partial charge is 0.444 e. The minimum absolute atomic E-state index is 0.107. The normalized spacial score (nSPS) is 16.5. The molecule has 0 atom stereocenters. The fourth-order valence-corrected chi connectivity index (χ4v) is 2.44. The number of urea groups is 1. The van der Waals surface area contributed by atoms with E-state index in [2.05, 4.69) is 24.5 Å². The average Bonchev–Trinajstić information content (AvgIpc) is 2.43. The van der Waals surface area contributed by atoms with Gasteiger partial charge in [-0.25, -0.2) is 9.59 Å². The van der Waals surface area contributed by atoms with E-state index in [1.807, 2.05) is 20.8 Å². The molecular weight excluding hydrogens is 282 g/mol. The van der Waals surface area contributed by atoms with Gasteiger partial charge in [-0.1, -0.05) is 13.8 Å². The van der Waals surface area contributed by atoms with Crippen molar-refractivity contribution in [1.82, 2.24) is 15.5 Å². The Kier molecular flexibility index (Phi) is 6.97. The van der Waals surface area contributed by atoms with Crippen LogP contribution in [0.1, 0.15) is 60.3 Å². The van der Waals surface area contributed by atoms with Crippen molar-refractivity contribution in [2.45, 2.75) is 78.0 Å². The molecule has 2 N–H and O–H groups in total. The van der Waals surface area contributed by atoms with Gasteiger partial charge in [0.25, 0.3) is 0 Å². The van der Waals surface area contributed by atoms with Gasteiger partial charge in [-0.05, 0) is 46.5 Å². The van der Waals surface area contributed by atoms with Gasteiger partial charge in [0.2, 0.25) is 0 Å². The topological polar surface area (TPSA) is 70.7 Å². The Hall–Kier alpha value is -1.46. The summed E-state index contributed by atoms with van der Waals surface area (Å²) in [6.45, 7) is 10.9. The highest BCUT2D eigenvalue weighted by molar-refractivity contribution is 5.74. The number of hydrogen-bond donors (Lipinski definition) is 2. The van der Waals surface area contributed by atoms with Gasteiger partial charge < -0.3 is 20.3 Å². The van der Waals surface area contributed by atoms with E-state index in [1.54, 1.807) is 4.90 Å². The van der Waals surface area contributed by atoms with Gasteiger partial charge in [-0.2, -0.15) is 0 Å². The Morgan fingerprint density at radius 3 is 2.18 bits per heavy atom. The van der Waals surface area contributed by atoms with Crippen LogP contribution in [0.4, 0.5) is 9.59 Å². The number of amides is 3. The highest BCUT2D eigenvalue weighted by Crippen LogP contribution is 2.15. The van der Waals surface area contributed by atoms with Gasteiger partial charge in [-0.3, -0.25) is 0 Å². The van der Waals surface area contributed by atoms with Crippen molar-refractivity contribution in [3.8, 4) is 0 Å². The van der Waals surface area contributed by atoms with Crippen LogP contribution in [0.5, 0.6) is 0 Å². The zero-order valence-electron chi connectivity index (χ0n) is 14.6. The van der Waals surface area contributed by atoms with Gasteiger partial charge in [0.05, 0.1) is 0 Å². The van der Waals surface area contributed by atoms with Crippen LogP contribution >= 0.6 is 0 Å². The molecular formula is C16H31N3O3. The third-order valence-electron chi connectivity index (χ3n) is 3.80. The van der Waals surface area contributed by atoms with Crippen LogP contribution in [-0.2, 0) is 4.74 Å². The number of nitrogens with zero attached hydrogens (tertiary/aromatic N) is 1. The van der Waals surface area contributed by atoms with Crippen LogP contribution in [0.3, 0.4) is 0 Å². The fraction of sp³-hybridized carbons (Fsp3) is 0.875. The second-order valence-electron chi connectivity index (χ2n) is 6.87. The Balaban J connectivity index is 2.33. The maximum atomic E-state index is 12.0. The van der Waals surface area contributed by atoms with Gasteiger partial charge in [0, 0.05) is 25.2 Å². The van der Waals surface area contributed by atoms with Crippen LogP contribution in [0.15, 0.2) is 0 Å². The van der Waals surface area contributed by atoms with Crippen molar-refractivity contribution in [3.05, 3.63) is 0 Å². The summed E-state index contributed by atoms with van der Waals surface area (Å²) >= 11 is 0. The first-order chi connectivity index (χ1) is 10.2. The summed E-state index contributed by atoms with van der Waals surface area (Å²) in [6.07, 6.45) is 3.11.